The van der Waals surface area contributed by atoms with Crippen molar-refractivity contribution in [1.82, 2.24) is 9.66 Å². The quantitative estimate of drug-likeness (QED) is 0.160. The summed E-state index contributed by atoms with van der Waals surface area (Å²) < 4.78 is 15.0. The van der Waals surface area contributed by atoms with Crippen LogP contribution in [-0.2, 0) is 6.61 Å². The van der Waals surface area contributed by atoms with Crippen molar-refractivity contribution in [2.75, 3.05) is 7.11 Å². The Morgan fingerprint density at radius 1 is 1.00 bits per heavy atom. The van der Waals surface area contributed by atoms with E-state index in [2.05, 4.69) is 68.2 Å². The predicted octanol–water partition coefficient (Wildman–Crippen LogP) is 8.06. The van der Waals surface area contributed by atoms with Gasteiger partial charge in [-0.05, 0) is 53.1 Å². The van der Waals surface area contributed by atoms with Crippen LogP contribution in [0.4, 0.5) is 0 Å². The summed E-state index contributed by atoms with van der Waals surface area (Å²) >= 11 is 7.03. The van der Waals surface area contributed by atoms with Crippen LogP contribution in [0.2, 0.25) is 0 Å². The molecule has 0 bridgehead atoms. The van der Waals surface area contributed by atoms with Crippen LogP contribution < -0.4 is 15.0 Å². The Balaban J connectivity index is 1.59. The van der Waals surface area contributed by atoms with E-state index in [1.807, 2.05) is 49.4 Å². The first-order valence-electron chi connectivity index (χ1n) is 12.6. The number of methoxy groups -OCH3 is 1. The maximum Gasteiger partial charge on any atom is 0.282 e. The van der Waals surface area contributed by atoms with E-state index in [1.165, 1.54) is 4.68 Å². The van der Waals surface area contributed by atoms with Crippen LogP contribution in [-0.4, -0.2) is 23.0 Å². The molecule has 198 valence electrons. The van der Waals surface area contributed by atoms with E-state index in [0.717, 1.165) is 31.7 Å². The van der Waals surface area contributed by atoms with Gasteiger partial charge in [-0.1, -0.05) is 88.2 Å². The maximum absolute atomic E-state index is 13.6. The molecule has 0 aliphatic rings. The fourth-order valence-corrected chi connectivity index (χ4v) is 5.27. The summed E-state index contributed by atoms with van der Waals surface area (Å²) in [6, 6.07) is 23.6. The molecule has 1 aromatic heterocycles. The highest BCUT2D eigenvalue weighted by molar-refractivity contribution is 9.10. The van der Waals surface area contributed by atoms with Crippen LogP contribution in [0, 0.1) is 0 Å². The minimum absolute atomic E-state index is 0.0297. The molecule has 1 heterocycles. The lowest BCUT2D eigenvalue weighted by Crippen LogP contribution is -2.23. The highest BCUT2D eigenvalue weighted by Gasteiger charge is 2.17. The van der Waals surface area contributed by atoms with Crippen molar-refractivity contribution in [3.63, 3.8) is 0 Å². The zero-order chi connectivity index (χ0) is 27.5. The Morgan fingerprint density at radius 3 is 2.59 bits per heavy atom. The number of halogens is 2. The van der Waals surface area contributed by atoms with Gasteiger partial charge in [0.2, 0.25) is 0 Å². The van der Waals surface area contributed by atoms with Crippen LogP contribution in [0.5, 0.6) is 11.5 Å². The number of benzene rings is 4. The van der Waals surface area contributed by atoms with Gasteiger partial charge in [-0.3, -0.25) is 4.79 Å². The molecule has 0 spiro atoms. The van der Waals surface area contributed by atoms with E-state index in [1.54, 1.807) is 19.4 Å². The third-order valence-electron chi connectivity index (χ3n) is 6.72. The molecule has 0 amide bonds. The van der Waals surface area contributed by atoms with Crippen LogP contribution >= 0.6 is 31.9 Å². The van der Waals surface area contributed by atoms with Gasteiger partial charge >= 0.3 is 0 Å². The largest absolute Gasteiger partial charge is 0.493 e. The van der Waals surface area contributed by atoms with Gasteiger partial charge in [0.05, 0.1) is 24.2 Å². The molecule has 39 heavy (non-hydrogen) atoms. The molecule has 0 aliphatic carbocycles. The van der Waals surface area contributed by atoms with Crippen LogP contribution in [0.15, 0.2) is 91.6 Å². The Bertz CT molecular complexity index is 1760. The van der Waals surface area contributed by atoms with Gasteiger partial charge in [0.25, 0.3) is 5.56 Å². The third-order valence-corrected chi connectivity index (χ3v) is 7.67. The van der Waals surface area contributed by atoms with E-state index >= 15 is 0 Å². The number of ether oxygens (including phenoxy) is 2. The van der Waals surface area contributed by atoms with Crippen molar-refractivity contribution in [1.29, 1.82) is 0 Å². The number of nitrogens with zero attached hydrogens (tertiary/aromatic N) is 3. The lowest BCUT2D eigenvalue weighted by Gasteiger charge is -2.16. The van der Waals surface area contributed by atoms with E-state index in [0.29, 0.717) is 40.4 Å². The summed E-state index contributed by atoms with van der Waals surface area (Å²) in [6.07, 6.45) is 2.44. The van der Waals surface area contributed by atoms with Crippen molar-refractivity contribution >= 4 is 59.7 Å². The first-order chi connectivity index (χ1) is 18.9. The second-order valence-electron chi connectivity index (χ2n) is 9.26. The average Bonchev–Trinajstić information content (AvgIpc) is 2.95. The van der Waals surface area contributed by atoms with Gasteiger partial charge in [-0.25, -0.2) is 4.98 Å². The molecule has 0 fully saturated rings. The highest BCUT2D eigenvalue weighted by Crippen LogP contribution is 2.35. The second-order valence-corrected chi connectivity index (χ2v) is 11.1. The molecular weight excluding hydrogens is 622 g/mol. The molecule has 0 radical (unpaired) electrons. The molecule has 0 N–H and O–H groups in total. The monoisotopic (exact) mass is 647 g/mol. The number of rotatable bonds is 8. The summed E-state index contributed by atoms with van der Waals surface area (Å²) in [5.74, 6) is 1.73. The minimum atomic E-state index is -0.229. The molecule has 0 saturated carbocycles. The van der Waals surface area contributed by atoms with Gasteiger partial charge in [-0.15, -0.1) is 0 Å². The first kappa shape index (κ1) is 27.1. The fraction of sp³-hybridized carbons (Fsp3) is 0.194. The second kappa shape index (κ2) is 11.7. The van der Waals surface area contributed by atoms with Gasteiger partial charge in [-0.2, -0.15) is 9.78 Å². The molecule has 1 atom stereocenters. The zero-order valence-corrected chi connectivity index (χ0v) is 25.0. The topological polar surface area (TPSA) is 65.7 Å². The van der Waals surface area contributed by atoms with E-state index in [9.17, 15) is 4.79 Å². The lowest BCUT2D eigenvalue weighted by atomic mass is 10.1. The molecule has 4 aromatic carbocycles. The van der Waals surface area contributed by atoms with E-state index in [4.69, 9.17) is 14.5 Å². The number of aromatic nitrogens is 2. The van der Waals surface area contributed by atoms with Crippen LogP contribution in [0.3, 0.4) is 0 Å². The molecule has 5 rings (SSSR count). The number of hydrogen-bond donors (Lipinski definition) is 0. The van der Waals surface area contributed by atoms with Gasteiger partial charge in [0, 0.05) is 20.4 Å². The van der Waals surface area contributed by atoms with Crippen molar-refractivity contribution in [3.8, 4) is 11.5 Å². The molecule has 6 nitrogen and oxygen atoms in total. The standard InChI is InChI=1S/C31H27Br2N3O3/c1-4-19(2)30-35-27-13-12-23(32)15-26(27)31(37)36(30)34-17-22-14-24(33)16-28(38-3)29(22)39-18-21-10-7-9-20-8-5-6-11-25(20)21/h5-17,19H,4,18H2,1-3H3/t19-/m0/s1. The Labute approximate surface area is 243 Å². The normalized spacial score (nSPS) is 12.3. The van der Waals surface area contributed by atoms with Crippen molar-refractivity contribution < 1.29 is 9.47 Å². The zero-order valence-electron chi connectivity index (χ0n) is 21.8. The SMILES string of the molecule is CC[C@H](C)c1nc2ccc(Br)cc2c(=O)n1N=Cc1cc(Br)cc(OC)c1OCc1cccc2ccccc12. The summed E-state index contributed by atoms with van der Waals surface area (Å²) in [7, 11) is 1.60. The third kappa shape index (κ3) is 5.63. The molecule has 8 heteroatoms. The summed E-state index contributed by atoms with van der Waals surface area (Å²) in [4.78, 5) is 18.4. The number of fused-ring (bicyclic) bond motifs is 2. The molecule has 5 aromatic rings. The van der Waals surface area contributed by atoms with E-state index in [-0.39, 0.29) is 11.5 Å². The minimum Gasteiger partial charge on any atom is -0.493 e. The summed E-state index contributed by atoms with van der Waals surface area (Å²) in [6.45, 7) is 4.44. The van der Waals surface area contributed by atoms with Gasteiger partial charge in [0.15, 0.2) is 11.5 Å². The smallest absolute Gasteiger partial charge is 0.282 e. The Hall–Kier alpha value is -3.49. The van der Waals surface area contributed by atoms with Gasteiger partial charge < -0.3 is 9.47 Å². The van der Waals surface area contributed by atoms with Crippen molar-refractivity contribution in [3.05, 3.63) is 109 Å². The van der Waals surface area contributed by atoms with E-state index < -0.39 is 0 Å². The summed E-state index contributed by atoms with van der Waals surface area (Å²) in [5.41, 5.74) is 2.14. The first-order valence-corrected chi connectivity index (χ1v) is 14.2. The maximum atomic E-state index is 13.6. The average molecular weight is 649 g/mol. The molecule has 0 unspecified atom stereocenters. The predicted molar refractivity (Wildman–Crippen MR) is 164 cm³/mol. The van der Waals surface area contributed by atoms with Crippen LogP contribution in [0.25, 0.3) is 21.7 Å². The van der Waals surface area contributed by atoms with Crippen molar-refractivity contribution in [2.24, 2.45) is 5.10 Å². The highest BCUT2D eigenvalue weighted by atomic mass is 79.9. The lowest BCUT2D eigenvalue weighted by molar-refractivity contribution is 0.285. The molecule has 0 saturated heterocycles. The Kier molecular flexibility index (Phi) is 8.14. The van der Waals surface area contributed by atoms with Crippen LogP contribution in [0.1, 0.15) is 43.1 Å². The number of hydrogen-bond acceptors (Lipinski definition) is 5. The fourth-order valence-electron chi connectivity index (χ4n) is 4.46. The molecule has 0 aliphatic heterocycles. The Morgan fingerprint density at radius 2 is 1.79 bits per heavy atom. The molecular formula is C31H27Br2N3O3. The summed E-state index contributed by atoms with van der Waals surface area (Å²) in [5, 5.41) is 7.42. The van der Waals surface area contributed by atoms with Crippen molar-refractivity contribution in [2.45, 2.75) is 32.8 Å². The van der Waals surface area contributed by atoms with Gasteiger partial charge in [0.1, 0.15) is 12.4 Å².